The summed E-state index contributed by atoms with van der Waals surface area (Å²) in [6.45, 7) is 0.815. The summed E-state index contributed by atoms with van der Waals surface area (Å²) in [4.78, 5) is 48.7. The number of carbonyl (C=O) groups excluding carboxylic acids is 3. The highest BCUT2D eigenvalue weighted by atomic mass is 16.5. The van der Waals surface area contributed by atoms with Gasteiger partial charge >= 0.3 is 0 Å². The maximum atomic E-state index is 13.8. The van der Waals surface area contributed by atoms with Crippen LogP contribution in [-0.4, -0.2) is 71.5 Å². The highest BCUT2D eigenvalue weighted by Crippen LogP contribution is 2.29. The van der Waals surface area contributed by atoms with Crippen molar-refractivity contribution in [2.75, 3.05) is 26.8 Å². The van der Waals surface area contributed by atoms with Gasteiger partial charge in [-0.25, -0.2) is 4.98 Å². The number of nitrogens with zero attached hydrogens (tertiary/aromatic N) is 2. The summed E-state index contributed by atoms with van der Waals surface area (Å²) in [5, 5.41) is 6.02. The Bertz CT molecular complexity index is 1660. The number of aryl methyl sites for hydroxylation is 1. The molecule has 6 heterocycles. The molecule has 1 fully saturated rings. The summed E-state index contributed by atoms with van der Waals surface area (Å²) in [6, 6.07) is 19.7. The fraction of sp³-hybridized carbons (Fsp3) is 0.294. The third-order valence-electron chi connectivity index (χ3n) is 8.02. The minimum atomic E-state index is -0.511. The maximum Gasteiger partial charge on any atom is 0.258 e. The molecular formula is C34H35N5O6. The van der Waals surface area contributed by atoms with Crippen LogP contribution in [0.2, 0.25) is 0 Å². The lowest BCUT2D eigenvalue weighted by molar-refractivity contribution is -0.125. The van der Waals surface area contributed by atoms with E-state index in [0.29, 0.717) is 66.6 Å². The quantitative estimate of drug-likeness (QED) is 0.324. The van der Waals surface area contributed by atoms with Gasteiger partial charge < -0.3 is 34.7 Å². The number of ether oxygens (including phenoxy) is 3. The predicted octanol–water partition coefficient (Wildman–Crippen LogP) is 3.51. The van der Waals surface area contributed by atoms with Gasteiger partial charge in [-0.2, -0.15) is 0 Å². The zero-order valence-corrected chi connectivity index (χ0v) is 25.0. The summed E-state index contributed by atoms with van der Waals surface area (Å²) in [5.41, 5.74) is 3.08. The summed E-state index contributed by atoms with van der Waals surface area (Å²) >= 11 is 0. The largest absolute Gasteiger partial charge is 0.493 e. The Morgan fingerprint density at radius 2 is 1.82 bits per heavy atom. The van der Waals surface area contributed by atoms with E-state index >= 15 is 0 Å². The van der Waals surface area contributed by atoms with Gasteiger partial charge in [-0.3, -0.25) is 14.4 Å². The maximum absolute atomic E-state index is 13.8. The van der Waals surface area contributed by atoms with Gasteiger partial charge in [-0.05, 0) is 47.9 Å². The number of nitrogens with one attached hydrogen (secondary N) is 3. The SMILES string of the molecule is COc1cc2ccc1OCC(=O)N[C@@H]1CN(C(=O)c3ccccc3-c3ncc[nH]3)CC[C@H]1Oc1ccc(cc1)CNC(=O)CC2. The van der Waals surface area contributed by atoms with Crippen LogP contribution in [0.4, 0.5) is 0 Å². The van der Waals surface area contributed by atoms with Gasteiger partial charge in [0, 0.05) is 50.4 Å². The average molecular weight is 610 g/mol. The highest BCUT2D eigenvalue weighted by Gasteiger charge is 2.35. The van der Waals surface area contributed by atoms with Gasteiger partial charge in [0.05, 0.1) is 18.7 Å². The molecule has 4 bridgehead atoms. The van der Waals surface area contributed by atoms with Crippen LogP contribution in [0.25, 0.3) is 11.4 Å². The van der Waals surface area contributed by atoms with Crippen molar-refractivity contribution in [1.29, 1.82) is 0 Å². The van der Waals surface area contributed by atoms with E-state index in [2.05, 4.69) is 20.6 Å². The van der Waals surface area contributed by atoms with Crippen molar-refractivity contribution < 1.29 is 28.6 Å². The molecular weight excluding hydrogens is 574 g/mol. The molecule has 11 nitrogen and oxygen atoms in total. The number of methoxy groups -OCH3 is 1. The number of carbonyl (C=O) groups is 3. The number of imidazole rings is 1. The van der Waals surface area contributed by atoms with Crippen molar-refractivity contribution in [3.8, 4) is 28.6 Å². The smallest absolute Gasteiger partial charge is 0.258 e. The summed E-state index contributed by atoms with van der Waals surface area (Å²) < 4.78 is 17.7. The van der Waals surface area contributed by atoms with E-state index in [1.54, 1.807) is 29.4 Å². The van der Waals surface area contributed by atoms with Gasteiger partial charge in [0.2, 0.25) is 5.91 Å². The molecule has 45 heavy (non-hydrogen) atoms. The lowest BCUT2D eigenvalue weighted by Gasteiger charge is -2.39. The van der Waals surface area contributed by atoms with E-state index in [1.165, 1.54) is 7.11 Å². The van der Waals surface area contributed by atoms with E-state index in [4.69, 9.17) is 14.2 Å². The number of H-pyrrole nitrogens is 1. The molecule has 3 aromatic carbocycles. The van der Waals surface area contributed by atoms with Crippen LogP contribution >= 0.6 is 0 Å². The molecule has 5 aliphatic rings. The van der Waals surface area contributed by atoms with Crippen LogP contribution in [0.1, 0.15) is 34.3 Å². The lowest BCUT2D eigenvalue weighted by atomic mass is 9.99. The second-order valence-corrected chi connectivity index (χ2v) is 11.0. The molecule has 9 rings (SSSR count). The first kappa shape index (κ1) is 29.7. The number of amides is 3. The second kappa shape index (κ2) is 13.5. The molecule has 1 saturated heterocycles. The highest BCUT2D eigenvalue weighted by molar-refractivity contribution is 6.00. The number of benzene rings is 3. The van der Waals surface area contributed by atoms with Crippen LogP contribution < -0.4 is 24.8 Å². The molecule has 1 aromatic heterocycles. The van der Waals surface area contributed by atoms with Crippen LogP contribution in [0.5, 0.6) is 17.2 Å². The molecule has 5 aliphatic heterocycles. The van der Waals surface area contributed by atoms with Crippen molar-refractivity contribution in [2.45, 2.75) is 38.0 Å². The van der Waals surface area contributed by atoms with E-state index < -0.39 is 12.1 Å². The van der Waals surface area contributed by atoms with Gasteiger partial charge in [0.25, 0.3) is 11.8 Å². The number of likely N-dealkylation sites (tertiary alicyclic amines) is 1. The Hall–Kier alpha value is -5.32. The zero-order chi connectivity index (χ0) is 31.2. The third-order valence-corrected chi connectivity index (χ3v) is 8.02. The number of piperidine rings is 1. The Labute approximate surface area is 260 Å². The minimum Gasteiger partial charge on any atom is -0.493 e. The van der Waals surface area contributed by atoms with Gasteiger partial charge in [-0.1, -0.05) is 36.4 Å². The first-order chi connectivity index (χ1) is 22.0. The van der Waals surface area contributed by atoms with E-state index in [0.717, 1.165) is 11.1 Å². The number of hydrogen-bond acceptors (Lipinski definition) is 7. The molecule has 3 amide bonds. The van der Waals surface area contributed by atoms with Crippen molar-refractivity contribution in [3.05, 3.63) is 95.8 Å². The molecule has 0 unspecified atom stereocenters. The van der Waals surface area contributed by atoms with Crippen LogP contribution in [0.3, 0.4) is 0 Å². The lowest BCUT2D eigenvalue weighted by Crippen LogP contribution is -2.58. The molecule has 3 N–H and O–H groups in total. The molecule has 232 valence electrons. The van der Waals surface area contributed by atoms with Crippen LogP contribution in [-0.2, 0) is 22.6 Å². The Morgan fingerprint density at radius 3 is 2.62 bits per heavy atom. The topological polar surface area (TPSA) is 135 Å². The van der Waals surface area contributed by atoms with Crippen LogP contribution in [0.15, 0.2) is 79.1 Å². The van der Waals surface area contributed by atoms with Crippen molar-refractivity contribution in [1.82, 2.24) is 25.5 Å². The summed E-state index contributed by atoms with van der Waals surface area (Å²) in [7, 11) is 1.53. The van der Waals surface area contributed by atoms with Gasteiger partial charge in [0.15, 0.2) is 18.1 Å². The predicted molar refractivity (Wildman–Crippen MR) is 166 cm³/mol. The first-order valence-electron chi connectivity index (χ1n) is 15.0. The van der Waals surface area contributed by atoms with E-state index in [-0.39, 0.29) is 30.9 Å². The van der Waals surface area contributed by atoms with Crippen molar-refractivity contribution in [2.24, 2.45) is 0 Å². The monoisotopic (exact) mass is 609 g/mol. The second-order valence-electron chi connectivity index (χ2n) is 11.0. The standard InChI is InChI=1S/C34H35N5O6/c1-43-30-18-22-8-12-29(30)44-21-32(41)38-27-20-39(34(42)26-5-3-2-4-25(26)33-35-15-16-36-33)17-14-28(27)45-24-10-6-23(7-11-24)19-37-31(40)13-9-22/h2-8,10-12,15-16,18,27-28H,9,13-14,17,19-21H2,1H3,(H,35,36)(H,37,40)(H,38,41)/t27-,28-/m1/s1. The molecule has 0 spiro atoms. The van der Waals surface area contributed by atoms with Crippen molar-refractivity contribution >= 4 is 17.7 Å². The van der Waals surface area contributed by atoms with E-state index in [9.17, 15) is 14.4 Å². The molecule has 0 radical (unpaired) electrons. The third kappa shape index (κ3) is 7.09. The Morgan fingerprint density at radius 1 is 1.00 bits per heavy atom. The van der Waals surface area contributed by atoms with E-state index in [1.807, 2.05) is 54.6 Å². The summed E-state index contributed by atoms with van der Waals surface area (Å²) in [5.74, 6) is 1.55. The first-order valence-corrected chi connectivity index (χ1v) is 15.0. The number of hydrogen-bond donors (Lipinski definition) is 3. The number of rotatable bonds is 3. The van der Waals surface area contributed by atoms with Gasteiger partial charge in [0.1, 0.15) is 17.7 Å². The van der Waals surface area contributed by atoms with Crippen LogP contribution in [0, 0.1) is 0 Å². The van der Waals surface area contributed by atoms with Crippen molar-refractivity contribution in [3.63, 3.8) is 0 Å². The minimum absolute atomic E-state index is 0.0587. The molecule has 0 saturated carbocycles. The fourth-order valence-corrected chi connectivity index (χ4v) is 5.64. The number of aromatic amines is 1. The number of aromatic nitrogens is 2. The normalized spacial score (nSPS) is 19.0. The Balaban J connectivity index is 1.24. The van der Waals surface area contributed by atoms with Gasteiger partial charge in [-0.15, -0.1) is 0 Å². The average Bonchev–Trinajstić information content (AvgIpc) is 3.61. The molecule has 0 aliphatic carbocycles. The zero-order valence-electron chi connectivity index (χ0n) is 25.0. The molecule has 4 aromatic rings. The fourth-order valence-electron chi connectivity index (χ4n) is 5.64. The molecule has 11 heteroatoms. The molecule has 2 atom stereocenters. The Kier molecular flexibility index (Phi) is 8.95. The summed E-state index contributed by atoms with van der Waals surface area (Å²) in [6.07, 6.45) is 4.31.